The van der Waals surface area contributed by atoms with Crippen LogP contribution in [-0.2, 0) is 0 Å². The number of hydrogen-bond acceptors (Lipinski definition) is 1. The van der Waals surface area contributed by atoms with Crippen LogP contribution in [0.15, 0.2) is 0 Å². The lowest BCUT2D eigenvalue weighted by atomic mass is 9.63. The Morgan fingerprint density at radius 1 is 0.850 bits per heavy atom. The SMILES string of the molecule is CC.CC(C)(C)CC(C)(C)C1CCCN2CCCCC12. The van der Waals surface area contributed by atoms with E-state index in [2.05, 4.69) is 39.5 Å². The van der Waals surface area contributed by atoms with E-state index < -0.39 is 0 Å². The molecular formula is C19H39N. The highest BCUT2D eigenvalue weighted by atomic mass is 15.2. The Balaban J connectivity index is 0.000000956. The summed E-state index contributed by atoms with van der Waals surface area (Å²) in [6.45, 7) is 19.0. The highest BCUT2D eigenvalue weighted by Crippen LogP contribution is 2.46. The minimum atomic E-state index is 0.459. The molecule has 1 nitrogen and oxygen atoms in total. The van der Waals surface area contributed by atoms with Crippen LogP contribution < -0.4 is 0 Å². The molecular weight excluding hydrogens is 242 g/mol. The van der Waals surface area contributed by atoms with Gasteiger partial charge in [-0.25, -0.2) is 0 Å². The van der Waals surface area contributed by atoms with E-state index in [0.29, 0.717) is 10.8 Å². The lowest BCUT2D eigenvalue weighted by Crippen LogP contribution is -2.52. The van der Waals surface area contributed by atoms with E-state index in [9.17, 15) is 0 Å². The third kappa shape index (κ3) is 4.76. The summed E-state index contributed by atoms with van der Waals surface area (Å²) in [5, 5.41) is 0. The third-order valence-corrected chi connectivity index (χ3v) is 5.08. The van der Waals surface area contributed by atoms with Gasteiger partial charge in [0.15, 0.2) is 0 Å². The number of fused-ring (bicyclic) bond motifs is 1. The van der Waals surface area contributed by atoms with Gasteiger partial charge < -0.3 is 4.90 Å². The Bertz CT molecular complexity index is 272. The lowest BCUT2D eigenvalue weighted by Gasteiger charge is -2.51. The minimum absolute atomic E-state index is 0.459. The molecule has 0 amide bonds. The summed E-state index contributed by atoms with van der Waals surface area (Å²) in [6.07, 6.45) is 8.60. The number of nitrogens with zero attached hydrogens (tertiary/aromatic N) is 1. The van der Waals surface area contributed by atoms with Gasteiger partial charge in [-0.15, -0.1) is 0 Å². The van der Waals surface area contributed by atoms with Gasteiger partial charge in [-0.3, -0.25) is 0 Å². The molecule has 2 fully saturated rings. The summed E-state index contributed by atoms with van der Waals surface area (Å²) in [7, 11) is 0. The summed E-state index contributed by atoms with van der Waals surface area (Å²) in [4.78, 5) is 2.81. The van der Waals surface area contributed by atoms with Gasteiger partial charge in [0.25, 0.3) is 0 Å². The molecule has 0 aromatic rings. The Morgan fingerprint density at radius 3 is 2.05 bits per heavy atom. The highest BCUT2D eigenvalue weighted by Gasteiger charge is 2.42. The molecule has 0 radical (unpaired) electrons. The van der Waals surface area contributed by atoms with Crippen molar-refractivity contribution < 1.29 is 0 Å². The molecule has 2 heterocycles. The number of piperidine rings is 2. The molecule has 0 bridgehead atoms. The first-order chi connectivity index (χ1) is 9.30. The first-order valence-corrected chi connectivity index (χ1v) is 9.04. The Kier molecular flexibility index (Phi) is 6.57. The highest BCUT2D eigenvalue weighted by molar-refractivity contribution is 4.95. The predicted octanol–water partition coefficient (Wildman–Crippen LogP) is 5.74. The first kappa shape index (κ1) is 18.0. The van der Waals surface area contributed by atoms with Gasteiger partial charge in [0.2, 0.25) is 0 Å². The molecule has 2 rings (SSSR count). The van der Waals surface area contributed by atoms with Crippen molar-refractivity contribution >= 4 is 0 Å². The van der Waals surface area contributed by atoms with Crippen molar-refractivity contribution in [3.8, 4) is 0 Å². The summed E-state index contributed by atoms with van der Waals surface area (Å²) in [5.74, 6) is 0.922. The molecule has 0 aliphatic carbocycles. The molecule has 2 unspecified atom stereocenters. The fraction of sp³-hybridized carbons (Fsp3) is 1.00. The third-order valence-electron chi connectivity index (χ3n) is 5.08. The topological polar surface area (TPSA) is 3.24 Å². The summed E-state index contributed by atoms with van der Waals surface area (Å²) in [5.41, 5.74) is 0.958. The Hall–Kier alpha value is -0.0400. The van der Waals surface area contributed by atoms with Crippen LogP contribution >= 0.6 is 0 Å². The largest absolute Gasteiger partial charge is 0.300 e. The van der Waals surface area contributed by atoms with Gasteiger partial charge in [-0.2, -0.15) is 0 Å². The summed E-state index contributed by atoms with van der Waals surface area (Å²) >= 11 is 0. The Morgan fingerprint density at radius 2 is 1.45 bits per heavy atom. The average molecular weight is 282 g/mol. The van der Waals surface area contributed by atoms with Gasteiger partial charge in [-0.1, -0.05) is 54.9 Å². The molecule has 2 saturated heterocycles. The lowest BCUT2D eigenvalue weighted by molar-refractivity contribution is -0.0142. The minimum Gasteiger partial charge on any atom is -0.300 e. The maximum atomic E-state index is 2.81. The molecule has 2 aliphatic rings. The zero-order valence-corrected chi connectivity index (χ0v) is 15.3. The first-order valence-electron chi connectivity index (χ1n) is 9.04. The van der Waals surface area contributed by atoms with Crippen LogP contribution in [0.4, 0.5) is 0 Å². The smallest absolute Gasteiger partial charge is 0.0129 e. The fourth-order valence-corrected chi connectivity index (χ4v) is 4.87. The quantitative estimate of drug-likeness (QED) is 0.624. The zero-order valence-electron chi connectivity index (χ0n) is 15.3. The van der Waals surface area contributed by atoms with Crippen molar-refractivity contribution in [1.29, 1.82) is 0 Å². The van der Waals surface area contributed by atoms with E-state index in [1.807, 2.05) is 13.8 Å². The summed E-state index contributed by atoms with van der Waals surface area (Å²) in [6, 6.07) is 0.893. The van der Waals surface area contributed by atoms with Crippen LogP contribution in [0.2, 0.25) is 0 Å². The van der Waals surface area contributed by atoms with Crippen molar-refractivity contribution in [2.75, 3.05) is 13.1 Å². The average Bonchev–Trinajstić information content (AvgIpc) is 2.37. The number of rotatable bonds is 2. The molecule has 2 aliphatic heterocycles. The second-order valence-electron chi connectivity index (χ2n) is 8.57. The predicted molar refractivity (Wildman–Crippen MR) is 91.1 cm³/mol. The van der Waals surface area contributed by atoms with Crippen molar-refractivity contribution in [2.24, 2.45) is 16.7 Å². The van der Waals surface area contributed by atoms with Crippen LogP contribution in [-0.4, -0.2) is 24.0 Å². The number of hydrogen-bond donors (Lipinski definition) is 0. The van der Waals surface area contributed by atoms with E-state index in [1.165, 1.54) is 51.6 Å². The van der Waals surface area contributed by atoms with E-state index in [4.69, 9.17) is 0 Å². The van der Waals surface area contributed by atoms with Crippen molar-refractivity contribution in [3.63, 3.8) is 0 Å². The summed E-state index contributed by atoms with van der Waals surface area (Å²) < 4.78 is 0. The molecule has 1 heteroatoms. The van der Waals surface area contributed by atoms with Gasteiger partial charge in [-0.05, 0) is 61.9 Å². The monoisotopic (exact) mass is 281 g/mol. The van der Waals surface area contributed by atoms with Gasteiger partial charge in [0.05, 0.1) is 0 Å². The van der Waals surface area contributed by atoms with E-state index in [-0.39, 0.29) is 0 Å². The molecule has 0 aromatic carbocycles. The van der Waals surface area contributed by atoms with E-state index >= 15 is 0 Å². The molecule has 120 valence electrons. The van der Waals surface area contributed by atoms with E-state index in [1.54, 1.807) is 0 Å². The standard InChI is InChI=1S/C17H33N.C2H6/c1-16(2,3)13-17(4,5)14-9-8-12-18-11-7-6-10-15(14)18;1-2/h14-15H,6-13H2,1-5H3;1-2H3. The second kappa shape index (κ2) is 7.29. The van der Waals surface area contributed by atoms with Crippen LogP contribution in [0.1, 0.15) is 87.0 Å². The van der Waals surface area contributed by atoms with Crippen LogP contribution in [0.3, 0.4) is 0 Å². The fourth-order valence-electron chi connectivity index (χ4n) is 4.87. The van der Waals surface area contributed by atoms with Crippen molar-refractivity contribution in [2.45, 2.75) is 93.0 Å². The van der Waals surface area contributed by atoms with E-state index in [0.717, 1.165) is 12.0 Å². The molecule has 0 saturated carbocycles. The molecule has 2 atom stereocenters. The maximum Gasteiger partial charge on any atom is 0.0129 e. The second-order valence-corrected chi connectivity index (χ2v) is 8.57. The van der Waals surface area contributed by atoms with Gasteiger partial charge >= 0.3 is 0 Å². The molecule has 20 heavy (non-hydrogen) atoms. The molecule has 0 spiro atoms. The van der Waals surface area contributed by atoms with Gasteiger partial charge in [0.1, 0.15) is 0 Å². The van der Waals surface area contributed by atoms with Crippen molar-refractivity contribution in [1.82, 2.24) is 4.90 Å². The zero-order chi connectivity index (χ0) is 15.4. The molecule has 0 N–H and O–H groups in total. The Labute approximate surface area is 128 Å². The normalized spacial score (nSPS) is 28.4. The van der Waals surface area contributed by atoms with Crippen LogP contribution in [0.25, 0.3) is 0 Å². The van der Waals surface area contributed by atoms with Crippen LogP contribution in [0, 0.1) is 16.7 Å². The van der Waals surface area contributed by atoms with Crippen LogP contribution in [0.5, 0.6) is 0 Å². The maximum absolute atomic E-state index is 2.81. The molecule has 0 aromatic heterocycles. The van der Waals surface area contributed by atoms with Crippen molar-refractivity contribution in [3.05, 3.63) is 0 Å². The van der Waals surface area contributed by atoms with Gasteiger partial charge in [0, 0.05) is 6.04 Å².